The number of nitrogens with zero attached hydrogens (tertiary/aromatic N) is 2. The Hall–Kier alpha value is -2.13. The molecule has 4 rings (SSSR count). The van der Waals surface area contributed by atoms with E-state index in [1.807, 2.05) is 6.07 Å². The molecular weight excluding hydrogens is 252 g/mol. The highest BCUT2D eigenvalue weighted by molar-refractivity contribution is 7.18. The van der Waals surface area contributed by atoms with Gasteiger partial charge in [0.1, 0.15) is 5.01 Å². The Kier molecular flexibility index (Phi) is 2.38. The Morgan fingerprint density at radius 1 is 0.947 bits per heavy atom. The predicted octanol–water partition coefficient (Wildman–Crippen LogP) is 4.30. The zero-order valence-corrected chi connectivity index (χ0v) is 11.1. The lowest BCUT2D eigenvalue weighted by Gasteiger charge is -2.01. The molecule has 0 saturated carbocycles. The molecule has 2 aromatic carbocycles. The normalized spacial score (nSPS) is 11.4. The van der Waals surface area contributed by atoms with Crippen molar-refractivity contribution in [2.75, 3.05) is 0 Å². The maximum Gasteiger partial charge on any atom is 0.114 e. The number of hydrogen-bond donors (Lipinski definition) is 0. The summed E-state index contributed by atoms with van der Waals surface area (Å²) in [5.74, 6) is 0. The van der Waals surface area contributed by atoms with Crippen molar-refractivity contribution < 1.29 is 0 Å². The Labute approximate surface area is 114 Å². The van der Waals surface area contributed by atoms with Gasteiger partial charge in [-0.2, -0.15) is 0 Å². The predicted molar refractivity (Wildman–Crippen MR) is 80.7 cm³/mol. The third-order valence-electron chi connectivity index (χ3n) is 3.32. The average molecular weight is 264 g/mol. The van der Waals surface area contributed by atoms with Crippen molar-refractivity contribution in [1.82, 2.24) is 9.55 Å². The van der Waals surface area contributed by atoms with Gasteiger partial charge in [-0.05, 0) is 29.7 Å². The number of thiazole rings is 1. The standard InChI is InChI=1S/C16H12N2S/c1-3-7-14-12(5-1)9-10-18(14)11-16-17-13-6-2-4-8-15(13)19-16/h1-10H,11H2. The minimum Gasteiger partial charge on any atom is -0.341 e. The minimum atomic E-state index is 0.840. The number of aromatic nitrogens is 2. The van der Waals surface area contributed by atoms with Crippen molar-refractivity contribution in [1.29, 1.82) is 0 Å². The van der Waals surface area contributed by atoms with Crippen LogP contribution in [0.15, 0.2) is 60.8 Å². The van der Waals surface area contributed by atoms with E-state index in [9.17, 15) is 0 Å². The smallest absolute Gasteiger partial charge is 0.114 e. The van der Waals surface area contributed by atoms with E-state index in [0.29, 0.717) is 0 Å². The molecule has 0 radical (unpaired) electrons. The summed E-state index contributed by atoms with van der Waals surface area (Å²) in [4.78, 5) is 4.69. The van der Waals surface area contributed by atoms with Gasteiger partial charge in [-0.3, -0.25) is 0 Å². The van der Waals surface area contributed by atoms with Crippen LogP contribution in [0.1, 0.15) is 5.01 Å². The molecule has 0 N–H and O–H groups in total. The number of fused-ring (bicyclic) bond motifs is 2. The molecule has 0 fully saturated rings. The van der Waals surface area contributed by atoms with Gasteiger partial charge >= 0.3 is 0 Å². The fraction of sp³-hybridized carbons (Fsp3) is 0.0625. The van der Waals surface area contributed by atoms with Crippen LogP contribution in [-0.2, 0) is 6.54 Å². The molecule has 0 aliphatic heterocycles. The van der Waals surface area contributed by atoms with E-state index in [-0.39, 0.29) is 0 Å². The Morgan fingerprint density at radius 3 is 2.74 bits per heavy atom. The molecule has 2 nitrogen and oxygen atoms in total. The highest BCUT2D eigenvalue weighted by Crippen LogP contribution is 2.24. The average Bonchev–Trinajstić information content (AvgIpc) is 3.03. The highest BCUT2D eigenvalue weighted by atomic mass is 32.1. The lowest BCUT2D eigenvalue weighted by molar-refractivity contribution is 0.831. The molecule has 0 spiro atoms. The van der Waals surface area contributed by atoms with Crippen LogP contribution >= 0.6 is 11.3 Å². The summed E-state index contributed by atoms with van der Waals surface area (Å²) in [6.45, 7) is 0.840. The van der Waals surface area contributed by atoms with E-state index in [0.717, 1.165) is 17.1 Å². The maximum absolute atomic E-state index is 4.69. The number of hydrogen-bond acceptors (Lipinski definition) is 2. The molecule has 2 aromatic heterocycles. The molecule has 0 amide bonds. The maximum atomic E-state index is 4.69. The van der Waals surface area contributed by atoms with Crippen molar-refractivity contribution in [3.63, 3.8) is 0 Å². The molecular formula is C16H12N2S. The van der Waals surface area contributed by atoms with Crippen LogP contribution in [0.25, 0.3) is 21.1 Å². The van der Waals surface area contributed by atoms with Gasteiger partial charge in [0.25, 0.3) is 0 Å². The molecule has 0 unspecified atom stereocenters. The molecule has 19 heavy (non-hydrogen) atoms. The summed E-state index contributed by atoms with van der Waals surface area (Å²) in [5.41, 5.74) is 2.36. The van der Waals surface area contributed by atoms with Gasteiger partial charge in [0.15, 0.2) is 0 Å². The van der Waals surface area contributed by atoms with Crippen LogP contribution < -0.4 is 0 Å². The van der Waals surface area contributed by atoms with Gasteiger partial charge in [0.05, 0.1) is 16.8 Å². The first-order valence-corrected chi connectivity index (χ1v) is 7.10. The van der Waals surface area contributed by atoms with E-state index in [1.54, 1.807) is 11.3 Å². The monoisotopic (exact) mass is 264 g/mol. The first kappa shape index (κ1) is 10.8. The van der Waals surface area contributed by atoms with E-state index < -0.39 is 0 Å². The summed E-state index contributed by atoms with van der Waals surface area (Å²) < 4.78 is 3.52. The van der Waals surface area contributed by atoms with Gasteiger partial charge in [0, 0.05) is 11.7 Å². The minimum absolute atomic E-state index is 0.840. The molecule has 92 valence electrons. The largest absolute Gasteiger partial charge is 0.341 e. The molecule has 3 heteroatoms. The second-order valence-corrected chi connectivity index (χ2v) is 5.69. The van der Waals surface area contributed by atoms with Crippen molar-refractivity contribution in [2.24, 2.45) is 0 Å². The zero-order valence-electron chi connectivity index (χ0n) is 10.3. The van der Waals surface area contributed by atoms with Crippen LogP contribution in [0, 0.1) is 0 Å². The van der Waals surface area contributed by atoms with E-state index in [2.05, 4.69) is 59.3 Å². The van der Waals surface area contributed by atoms with Gasteiger partial charge in [0.2, 0.25) is 0 Å². The SMILES string of the molecule is c1ccc2c(c1)ccn2Cc1nc2ccccc2s1. The zero-order chi connectivity index (χ0) is 12.7. The topological polar surface area (TPSA) is 17.8 Å². The summed E-state index contributed by atoms with van der Waals surface area (Å²) in [5, 5.41) is 2.44. The number of benzene rings is 2. The molecule has 4 aromatic rings. The van der Waals surface area contributed by atoms with Crippen molar-refractivity contribution in [3.05, 3.63) is 65.8 Å². The molecule has 0 aliphatic rings. The highest BCUT2D eigenvalue weighted by Gasteiger charge is 2.05. The first-order chi connectivity index (χ1) is 9.40. The van der Waals surface area contributed by atoms with Gasteiger partial charge < -0.3 is 4.57 Å². The fourth-order valence-electron chi connectivity index (χ4n) is 2.41. The molecule has 0 bridgehead atoms. The van der Waals surface area contributed by atoms with Crippen molar-refractivity contribution in [3.8, 4) is 0 Å². The molecule has 2 heterocycles. The number of para-hydroxylation sites is 2. The van der Waals surface area contributed by atoms with Crippen LogP contribution in [0.4, 0.5) is 0 Å². The number of rotatable bonds is 2. The summed E-state index contributed by atoms with van der Waals surface area (Å²) >= 11 is 1.77. The van der Waals surface area contributed by atoms with E-state index >= 15 is 0 Å². The summed E-state index contributed by atoms with van der Waals surface area (Å²) in [7, 11) is 0. The second-order valence-electron chi connectivity index (χ2n) is 4.58. The van der Waals surface area contributed by atoms with Gasteiger partial charge in [-0.25, -0.2) is 4.98 Å². The quantitative estimate of drug-likeness (QED) is 0.528. The van der Waals surface area contributed by atoms with E-state index in [4.69, 9.17) is 4.98 Å². The summed E-state index contributed by atoms with van der Waals surface area (Å²) in [6, 6.07) is 18.9. The van der Waals surface area contributed by atoms with Crippen LogP contribution in [0.2, 0.25) is 0 Å². The van der Waals surface area contributed by atoms with Crippen LogP contribution in [-0.4, -0.2) is 9.55 Å². The van der Waals surface area contributed by atoms with Crippen molar-refractivity contribution >= 4 is 32.5 Å². The van der Waals surface area contributed by atoms with Gasteiger partial charge in [-0.15, -0.1) is 11.3 Å². The first-order valence-electron chi connectivity index (χ1n) is 6.28. The van der Waals surface area contributed by atoms with Crippen LogP contribution in [0.5, 0.6) is 0 Å². The second kappa shape index (κ2) is 4.21. The molecule has 0 saturated heterocycles. The lowest BCUT2D eigenvalue weighted by Crippen LogP contribution is -1.96. The molecule has 0 aliphatic carbocycles. The van der Waals surface area contributed by atoms with Crippen LogP contribution in [0.3, 0.4) is 0 Å². The fourth-order valence-corrected chi connectivity index (χ4v) is 3.38. The lowest BCUT2D eigenvalue weighted by atomic mass is 10.2. The van der Waals surface area contributed by atoms with E-state index in [1.165, 1.54) is 15.6 Å². The Bertz CT molecular complexity index is 824. The Morgan fingerprint density at radius 2 is 1.79 bits per heavy atom. The van der Waals surface area contributed by atoms with Crippen molar-refractivity contribution in [2.45, 2.75) is 6.54 Å². The summed E-state index contributed by atoms with van der Waals surface area (Å²) in [6.07, 6.45) is 2.14. The Balaban J connectivity index is 1.78. The molecule has 0 atom stereocenters. The third-order valence-corrected chi connectivity index (χ3v) is 4.35. The third kappa shape index (κ3) is 1.83. The van der Waals surface area contributed by atoms with Gasteiger partial charge in [-0.1, -0.05) is 30.3 Å².